The molecule has 0 aromatic heterocycles. The molecule has 0 bridgehead atoms. The second-order valence-corrected chi connectivity index (χ2v) is 7.17. The number of nitrogens with zero attached hydrogens (tertiary/aromatic N) is 2. The van der Waals surface area contributed by atoms with Crippen LogP contribution < -0.4 is 9.64 Å². The highest BCUT2D eigenvalue weighted by molar-refractivity contribution is 5.94. The molecule has 0 amide bonds. The number of anilines is 1. The van der Waals surface area contributed by atoms with E-state index in [2.05, 4.69) is 41.0 Å². The first-order valence-corrected chi connectivity index (χ1v) is 9.47. The van der Waals surface area contributed by atoms with Gasteiger partial charge in [0.05, 0.1) is 0 Å². The van der Waals surface area contributed by atoms with Gasteiger partial charge in [0.1, 0.15) is 18.5 Å². The third-order valence-corrected chi connectivity index (χ3v) is 4.92. The lowest BCUT2D eigenvalue weighted by atomic mass is 10.1. The number of aliphatic hydroxyl groups is 1. The van der Waals surface area contributed by atoms with Crippen LogP contribution in [0.25, 0.3) is 0 Å². The molecule has 1 saturated heterocycles. The summed E-state index contributed by atoms with van der Waals surface area (Å²) in [6.45, 7) is 8.20. The number of β-amino-alcohol motifs (C(OH)–C–C–N with tert-alkyl or cyclic N) is 1. The van der Waals surface area contributed by atoms with Crippen LogP contribution >= 0.6 is 0 Å². The maximum atomic E-state index is 11.4. The van der Waals surface area contributed by atoms with Crippen molar-refractivity contribution in [1.29, 1.82) is 0 Å². The Balaban J connectivity index is 1.43. The predicted octanol–water partition coefficient (Wildman–Crippen LogP) is 2.76. The first-order valence-electron chi connectivity index (χ1n) is 9.47. The predicted molar refractivity (Wildman–Crippen MR) is 108 cm³/mol. The summed E-state index contributed by atoms with van der Waals surface area (Å²) < 4.78 is 5.66. The van der Waals surface area contributed by atoms with Gasteiger partial charge in [-0.1, -0.05) is 29.8 Å². The Morgan fingerprint density at radius 3 is 2.48 bits per heavy atom. The molecule has 0 aliphatic carbocycles. The van der Waals surface area contributed by atoms with E-state index in [4.69, 9.17) is 4.74 Å². The summed E-state index contributed by atoms with van der Waals surface area (Å²) in [5.41, 5.74) is 3.15. The molecule has 1 fully saturated rings. The average Bonchev–Trinajstić information content (AvgIpc) is 2.68. The largest absolute Gasteiger partial charge is 0.491 e. The molecule has 27 heavy (non-hydrogen) atoms. The summed E-state index contributed by atoms with van der Waals surface area (Å²) in [6, 6.07) is 15.7. The fraction of sp³-hybridized carbons (Fsp3) is 0.409. The standard InChI is InChI=1S/C22H28N2O3/c1-17-6-8-20(9-7-17)24-12-10-23(11-13-24)15-21(26)16-27-22-5-3-4-19(14-22)18(2)25/h3-9,14,21,26H,10-13,15-16H2,1-2H3/t21-/m0/s1. The normalized spacial score (nSPS) is 16.2. The third kappa shape index (κ3) is 5.55. The van der Waals surface area contributed by atoms with Gasteiger partial charge in [0.15, 0.2) is 5.78 Å². The molecule has 1 N–H and O–H groups in total. The van der Waals surface area contributed by atoms with E-state index in [9.17, 15) is 9.90 Å². The molecule has 0 saturated carbocycles. The molecule has 1 heterocycles. The van der Waals surface area contributed by atoms with E-state index in [0.29, 0.717) is 17.9 Å². The molecule has 0 unspecified atom stereocenters. The molecular weight excluding hydrogens is 340 g/mol. The van der Waals surface area contributed by atoms with Crippen molar-refractivity contribution in [1.82, 2.24) is 4.90 Å². The highest BCUT2D eigenvalue weighted by Crippen LogP contribution is 2.18. The lowest BCUT2D eigenvalue weighted by Crippen LogP contribution is -2.49. The quantitative estimate of drug-likeness (QED) is 0.762. The number of rotatable bonds is 7. The van der Waals surface area contributed by atoms with Gasteiger partial charge < -0.3 is 14.7 Å². The van der Waals surface area contributed by atoms with Crippen molar-refractivity contribution in [2.24, 2.45) is 0 Å². The Labute approximate surface area is 161 Å². The Morgan fingerprint density at radius 1 is 1.11 bits per heavy atom. The fourth-order valence-corrected chi connectivity index (χ4v) is 3.29. The van der Waals surface area contributed by atoms with Crippen molar-refractivity contribution in [3.8, 4) is 5.75 Å². The van der Waals surface area contributed by atoms with Gasteiger partial charge in [-0.05, 0) is 38.1 Å². The number of ether oxygens (including phenoxy) is 1. The Hall–Kier alpha value is -2.37. The summed E-state index contributed by atoms with van der Waals surface area (Å²) in [4.78, 5) is 16.1. The zero-order valence-corrected chi connectivity index (χ0v) is 16.1. The average molecular weight is 368 g/mol. The van der Waals surface area contributed by atoms with Gasteiger partial charge in [0.25, 0.3) is 0 Å². The molecule has 1 atom stereocenters. The van der Waals surface area contributed by atoms with Crippen LogP contribution in [0.4, 0.5) is 5.69 Å². The molecule has 1 aliphatic rings. The number of ketones is 1. The van der Waals surface area contributed by atoms with Crippen LogP contribution in [-0.4, -0.2) is 61.2 Å². The maximum Gasteiger partial charge on any atom is 0.159 e. The first-order chi connectivity index (χ1) is 13.0. The molecule has 2 aromatic carbocycles. The maximum absolute atomic E-state index is 11.4. The van der Waals surface area contributed by atoms with E-state index in [1.165, 1.54) is 18.2 Å². The van der Waals surface area contributed by atoms with Crippen molar-refractivity contribution in [2.45, 2.75) is 20.0 Å². The Kier molecular flexibility index (Phi) is 6.48. The number of Topliss-reactive ketones (excluding diaryl/α,β-unsaturated/α-hetero) is 1. The van der Waals surface area contributed by atoms with Gasteiger partial charge in [0.2, 0.25) is 0 Å². The lowest BCUT2D eigenvalue weighted by Gasteiger charge is -2.36. The topological polar surface area (TPSA) is 53.0 Å². The zero-order valence-electron chi connectivity index (χ0n) is 16.1. The van der Waals surface area contributed by atoms with Crippen LogP contribution in [0.5, 0.6) is 5.75 Å². The van der Waals surface area contributed by atoms with E-state index in [1.54, 1.807) is 24.3 Å². The van der Waals surface area contributed by atoms with E-state index < -0.39 is 6.10 Å². The molecule has 144 valence electrons. The van der Waals surface area contributed by atoms with E-state index in [0.717, 1.165) is 26.2 Å². The number of aliphatic hydroxyl groups excluding tert-OH is 1. The van der Waals surface area contributed by atoms with Crippen molar-refractivity contribution in [3.05, 3.63) is 59.7 Å². The summed E-state index contributed by atoms with van der Waals surface area (Å²) in [7, 11) is 0. The highest BCUT2D eigenvalue weighted by atomic mass is 16.5. The van der Waals surface area contributed by atoms with Gasteiger partial charge in [-0.25, -0.2) is 0 Å². The summed E-state index contributed by atoms with van der Waals surface area (Å²) in [5, 5.41) is 10.3. The van der Waals surface area contributed by atoms with Crippen LogP contribution in [0.15, 0.2) is 48.5 Å². The third-order valence-electron chi connectivity index (χ3n) is 4.92. The molecule has 0 spiro atoms. The van der Waals surface area contributed by atoms with Crippen LogP contribution in [-0.2, 0) is 0 Å². The van der Waals surface area contributed by atoms with Crippen LogP contribution in [0.2, 0.25) is 0 Å². The van der Waals surface area contributed by atoms with Crippen molar-refractivity contribution >= 4 is 11.5 Å². The lowest BCUT2D eigenvalue weighted by molar-refractivity contribution is 0.0663. The number of benzene rings is 2. The number of aryl methyl sites for hydroxylation is 1. The summed E-state index contributed by atoms with van der Waals surface area (Å²) in [6.07, 6.45) is -0.558. The van der Waals surface area contributed by atoms with Crippen molar-refractivity contribution in [2.75, 3.05) is 44.2 Å². The first kappa shape index (κ1) is 19.4. The number of carbonyl (C=O) groups is 1. The highest BCUT2D eigenvalue weighted by Gasteiger charge is 2.19. The van der Waals surface area contributed by atoms with Gasteiger partial charge in [0, 0.05) is 44.0 Å². The minimum atomic E-state index is -0.558. The van der Waals surface area contributed by atoms with E-state index >= 15 is 0 Å². The van der Waals surface area contributed by atoms with Gasteiger partial charge in [-0.3, -0.25) is 9.69 Å². The molecule has 1 aliphatic heterocycles. The molecule has 2 aromatic rings. The Bertz CT molecular complexity index is 752. The SMILES string of the molecule is CC(=O)c1cccc(OC[C@@H](O)CN2CCN(c3ccc(C)cc3)CC2)c1. The minimum absolute atomic E-state index is 0.00689. The van der Waals surface area contributed by atoms with Gasteiger partial charge >= 0.3 is 0 Å². The zero-order chi connectivity index (χ0) is 19.2. The Morgan fingerprint density at radius 2 is 1.81 bits per heavy atom. The van der Waals surface area contributed by atoms with E-state index in [1.807, 2.05) is 0 Å². The van der Waals surface area contributed by atoms with Crippen LogP contribution in [0.1, 0.15) is 22.8 Å². The fourth-order valence-electron chi connectivity index (χ4n) is 3.29. The monoisotopic (exact) mass is 368 g/mol. The second-order valence-electron chi connectivity index (χ2n) is 7.17. The summed E-state index contributed by atoms with van der Waals surface area (Å²) >= 11 is 0. The minimum Gasteiger partial charge on any atom is -0.491 e. The molecule has 3 rings (SSSR count). The van der Waals surface area contributed by atoms with Gasteiger partial charge in [-0.15, -0.1) is 0 Å². The molecule has 5 heteroatoms. The summed E-state index contributed by atoms with van der Waals surface area (Å²) in [5.74, 6) is 0.624. The molecular formula is C22H28N2O3. The van der Waals surface area contributed by atoms with Crippen LogP contribution in [0, 0.1) is 6.92 Å². The van der Waals surface area contributed by atoms with E-state index in [-0.39, 0.29) is 12.4 Å². The smallest absolute Gasteiger partial charge is 0.159 e. The second kappa shape index (κ2) is 9.02. The van der Waals surface area contributed by atoms with Gasteiger partial charge in [-0.2, -0.15) is 0 Å². The van der Waals surface area contributed by atoms with Crippen molar-refractivity contribution in [3.63, 3.8) is 0 Å². The number of hydrogen-bond acceptors (Lipinski definition) is 5. The number of carbonyl (C=O) groups excluding carboxylic acids is 1. The molecule has 0 radical (unpaired) electrons. The molecule has 5 nitrogen and oxygen atoms in total. The van der Waals surface area contributed by atoms with Crippen LogP contribution in [0.3, 0.4) is 0 Å². The number of hydrogen-bond donors (Lipinski definition) is 1. The number of piperazine rings is 1. The van der Waals surface area contributed by atoms with Crippen molar-refractivity contribution < 1.29 is 14.6 Å².